The summed E-state index contributed by atoms with van der Waals surface area (Å²) in [5.74, 6) is 1.32. The van der Waals surface area contributed by atoms with E-state index < -0.39 is 6.36 Å². The maximum Gasteiger partial charge on any atom is 0.573 e. The summed E-state index contributed by atoms with van der Waals surface area (Å²) in [7, 11) is 0. The fourth-order valence-electron chi connectivity index (χ4n) is 3.48. The van der Waals surface area contributed by atoms with E-state index in [9.17, 15) is 13.2 Å². The third-order valence-electron chi connectivity index (χ3n) is 4.95. The molecule has 1 saturated carbocycles. The first kappa shape index (κ1) is 20.2. The van der Waals surface area contributed by atoms with Crippen molar-refractivity contribution in [2.24, 2.45) is 5.92 Å². The lowest BCUT2D eigenvalue weighted by Gasteiger charge is -2.26. The van der Waals surface area contributed by atoms with Gasteiger partial charge < -0.3 is 4.74 Å². The second-order valence-electron chi connectivity index (χ2n) is 6.90. The highest BCUT2D eigenvalue weighted by molar-refractivity contribution is 14.1. The highest BCUT2D eigenvalue weighted by Gasteiger charge is 2.33. The van der Waals surface area contributed by atoms with Gasteiger partial charge in [0.1, 0.15) is 0 Å². The van der Waals surface area contributed by atoms with E-state index in [-0.39, 0.29) is 5.75 Å². The number of ether oxygens (including phenoxy) is 1. The Balaban J connectivity index is 1.81. The minimum Gasteiger partial charge on any atom is -0.404 e. The summed E-state index contributed by atoms with van der Waals surface area (Å²) in [4.78, 5) is 0. The van der Waals surface area contributed by atoms with E-state index in [1.165, 1.54) is 31.2 Å². The van der Waals surface area contributed by atoms with Crippen LogP contribution in [0.3, 0.4) is 0 Å². The van der Waals surface area contributed by atoms with Crippen LogP contribution in [-0.4, -0.2) is 6.36 Å². The number of rotatable bonds is 3. The Labute approximate surface area is 179 Å². The molecule has 0 unspecified atom stereocenters. The van der Waals surface area contributed by atoms with E-state index in [4.69, 9.17) is 0 Å². The minimum absolute atomic E-state index is 0.129. The Morgan fingerprint density at radius 2 is 1.42 bits per heavy atom. The van der Waals surface area contributed by atoms with Gasteiger partial charge >= 0.3 is 6.36 Å². The zero-order chi connectivity index (χ0) is 18.9. The molecule has 26 heavy (non-hydrogen) atoms. The van der Waals surface area contributed by atoms with Crippen molar-refractivity contribution >= 4 is 45.2 Å². The first-order valence-electron chi connectivity index (χ1n) is 8.58. The maximum atomic E-state index is 12.5. The maximum absolute atomic E-state index is 12.5. The summed E-state index contributed by atoms with van der Waals surface area (Å²) in [6, 6.07) is 11.9. The summed E-state index contributed by atoms with van der Waals surface area (Å²) >= 11 is 3.78. The van der Waals surface area contributed by atoms with Crippen LogP contribution in [0.4, 0.5) is 13.2 Å². The molecular formula is C20H19F3I2O. The number of hydrogen-bond acceptors (Lipinski definition) is 1. The second kappa shape index (κ2) is 8.24. The van der Waals surface area contributed by atoms with Gasteiger partial charge in [0.15, 0.2) is 5.75 Å². The van der Waals surface area contributed by atoms with Gasteiger partial charge in [-0.3, -0.25) is 0 Å². The molecule has 0 atom stereocenters. The molecule has 2 aromatic carbocycles. The Morgan fingerprint density at radius 1 is 0.885 bits per heavy atom. The molecule has 0 heterocycles. The predicted octanol–water partition coefficient (Wildman–Crippen LogP) is 7.76. The lowest BCUT2D eigenvalue weighted by atomic mass is 9.79. The SMILES string of the molecule is CC1CCC(c2ccc(-c3cc(I)c(OC(F)(F)F)c(I)c3)cc2)CC1. The summed E-state index contributed by atoms with van der Waals surface area (Å²) in [5.41, 5.74) is 3.27. The largest absolute Gasteiger partial charge is 0.573 e. The van der Waals surface area contributed by atoms with Gasteiger partial charge in [-0.05, 0) is 98.7 Å². The lowest BCUT2D eigenvalue weighted by Crippen LogP contribution is -2.18. The van der Waals surface area contributed by atoms with Gasteiger partial charge in [0, 0.05) is 0 Å². The van der Waals surface area contributed by atoms with E-state index in [0.717, 1.165) is 17.0 Å². The second-order valence-corrected chi connectivity index (χ2v) is 9.22. The summed E-state index contributed by atoms with van der Waals surface area (Å²) in [6.07, 6.45) is 0.354. The lowest BCUT2D eigenvalue weighted by molar-refractivity contribution is -0.275. The first-order chi connectivity index (χ1) is 12.2. The highest BCUT2D eigenvalue weighted by atomic mass is 127. The zero-order valence-corrected chi connectivity index (χ0v) is 18.6. The number of halogens is 5. The van der Waals surface area contributed by atoms with Crippen LogP contribution in [0.15, 0.2) is 36.4 Å². The average molecular weight is 586 g/mol. The molecule has 1 aliphatic rings. The topological polar surface area (TPSA) is 9.23 Å². The zero-order valence-electron chi connectivity index (χ0n) is 14.2. The smallest absolute Gasteiger partial charge is 0.404 e. The molecule has 1 fully saturated rings. The van der Waals surface area contributed by atoms with Crippen molar-refractivity contribution in [3.05, 3.63) is 49.1 Å². The molecular weight excluding hydrogens is 567 g/mol. The molecule has 0 aliphatic heterocycles. The van der Waals surface area contributed by atoms with E-state index >= 15 is 0 Å². The van der Waals surface area contributed by atoms with Crippen molar-refractivity contribution in [3.63, 3.8) is 0 Å². The quantitative estimate of drug-likeness (QED) is 0.335. The Kier molecular flexibility index (Phi) is 6.41. The standard InChI is InChI=1S/C20H19F3I2O/c1-12-2-4-13(5-3-12)14-6-8-15(9-7-14)16-10-17(24)19(18(25)11-16)26-20(21,22)23/h6-13H,2-5H2,1H3. The van der Waals surface area contributed by atoms with E-state index in [1.807, 2.05) is 45.2 Å². The van der Waals surface area contributed by atoms with Gasteiger partial charge in [-0.2, -0.15) is 0 Å². The van der Waals surface area contributed by atoms with Crippen molar-refractivity contribution in [1.29, 1.82) is 0 Å². The number of hydrogen-bond donors (Lipinski definition) is 0. The van der Waals surface area contributed by atoms with Crippen LogP contribution in [0, 0.1) is 13.1 Å². The van der Waals surface area contributed by atoms with Crippen LogP contribution >= 0.6 is 45.2 Å². The molecule has 1 aliphatic carbocycles. The molecule has 0 saturated heterocycles. The van der Waals surface area contributed by atoms with Crippen molar-refractivity contribution in [2.75, 3.05) is 0 Å². The van der Waals surface area contributed by atoms with Crippen LogP contribution in [0.1, 0.15) is 44.1 Å². The first-order valence-corrected chi connectivity index (χ1v) is 10.7. The van der Waals surface area contributed by atoms with Crippen LogP contribution < -0.4 is 4.74 Å². The number of benzene rings is 2. The average Bonchev–Trinajstić information content (AvgIpc) is 2.58. The monoisotopic (exact) mass is 586 g/mol. The summed E-state index contributed by atoms with van der Waals surface area (Å²) in [5, 5.41) is 0. The van der Waals surface area contributed by atoms with Gasteiger partial charge in [-0.25, -0.2) is 0 Å². The van der Waals surface area contributed by atoms with Gasteiger partial charge in [0.2, 0.25) is 0 Å². The van der Waals surface area contributed by atoms with Crippen LogP contribution in [0.2, 0.25) is 0 Å². The van der Waals surface area contributed by atoms with E-state index in [2.05, 4.69) is 35.9 Å². The normalized spacial score (nSPS) is 20.8. The van der Waals surface area contributed by atoms with Gasteiger partial charge in [0.05, 0.1) is 7.14 Å². The molecule has 0 radical (unpaired) electrons. The summed E-state index contributed by atoms with van der Waals surface area (Å²) in [6.45, 7) is 2.31. The predicted molar refractivity (Wildman–Crippen MR) is 114 cm³/mol. The van der Waals surface area contributed by atoms with Gasteiger partial charge in [-0.1, -0.05) is 44.0 Å². The Bertz CT molecular complexity index is 741. The molecule has 0 amide bonds. The van der Waals surface area contributed by atoms with Crippen molar-refractivity contribution in [3.8, 4) is 16.9 Å². The Hall–Kier alpha value is -0.510. The van der Waals surface area contributed by atoms with Gasteiger partial charge in [-0.15, -0.1) is 13.2 Å². The van der Waals surface area contributed by atoms with E-state index in [0.29, 0.717) is 13.1 Å². The van der Waals surface area contributed by atoms with Crippen LogP contribution in [0.5, 0.6) is 5.75 Å². The molecule has 140 valence electrons. The van der Waals surface area contributed by atoms with Crippen molar-refractivity contribution in [2.45, 2.75) is 44.9 Å². The number of alkyl halides is 3. The summed E-state index contributed by atoms with van der Waals surface area (Å²) < 4.78 is 42.7. The third-order valence-corrected chi connectivity index (χ3v) is 6.55. The molecule has 1 nitrogen and oxygen atoms in total. The molecule has 2 aromatic rings. The minimum atomic E-state index is -4.68. The van der Waals surface area contributed by atoms with Crippen LogP contribution in [0.25, 0.3) is 11.1 Å². The van der Waals surface area contributed by atoms with E-state index in [1.54, 1.807) is 12.1 Å². The molecule has 6 heteroatoms. The van der Waals surface area contributed by atoms with Crippen LogP contribution in [-0.2, 0) is 0 Å². The third kappa shape index (κ3) is 5.05. The van der Waals surface area contributed by atoms with Crippen molar-refractivity contribution < 1.29 is 17.9 Å². The molecule has 0 spiro atoms. The fraction of sp³-hybridized carbons (Fsp3) is 0.400. The Morgan fingerprint density at radius 3 is 1.92 bits per heavy atom. The highest BCUT2D eigenvalue weighted by Crippen LogP contribution is 2.38. The molecule has 3 rings (SSSR count). The van der Waals surface area contributed by atoms with Crippen molar-refractivity contribution in [1.82, 2.24) is 0 Å². The molecule has 0 N–H and O–H groups in total. The molecule has 0 aromatic heterocycles. The fourth-order valence-corrected chi connectivity index (χ4v) is 5.47. The van der Waals surface area contributed by atoms with Gasteiger partial charge in [0.25, 0.3) is 0 Å². The molecule has 0 bridgehead atoms.